The van der Waals surface area contributed by atoms with E-state index in [4.69, 9.17) is 0 Å². The molecular formula is C10H16O. The molecule has 1 rings (SSSR count). The summed E-state index contributed by atoms with van der Waals surface area (Å²) in [5.41, 5.74) is 0.970. The molecule has 0 saturated carbocycles. The summed E-state index contributed by atoms with van der Waals surface area (Å²) in [6.45, 7) is 4.10. The molecule has 0 N–H and O–H groups in total. The van der Waals surface area contributed by atoms with E-state index >= 15 is 0 Å². The lowest BCUT2D eigenvalue weighted by molar-refractivity contribution is -0.116. The van der Waals surface area contributed by atoms with Crippen LogP contribution >= 0.6 is 0 Å². The Hall–Kier alpha value is -0.590. The first-order valence-corrected chi connectivity index (χ1v) is 4.44. The van der Waals surface area contributed by atoms with E-state index in [2.05, 4.69) is 13.0 Å². The lowest BCUT2D eigenvalue weighted by Crippen LogP contribution is -2.13. The van der Waals surface area contributed by atoms with Crippen molar-refractivity contribution in [1.29, 1.82) is 0 Å². The summed E-state index contributed by atoms with van der Waals surface area (Å²) in [7, 11) is 0. The van der Waals surface area contributed by atoms with E-state index in [1.54, 1.807) is 0 Å². The van der Waals surface area contributed by atoms with E-state index in [0.717, 1.165) is 18.4 Å². The van der Waals surface area contributed by atoms with E-state index in [-0.39, 0.29) is 0 Å². The standard InChI is InChI=1S/C10H16O/c1-3-4-9-6-5-8(2)10(11)7-9/h5,9H,3-4,6-7H2,1-2H3/t9-/m0/s1. The third kappa shape index (κ3) is 2.18. The highest BCUT2D eigenvalue weighted by molar-refractivity contribution is 5.95. The van der Waals surface area contributed by atoms with E-state index in [0.29, 0.717) is 11.7 Å². The summed E-state index contributed by atoms with van der Waals surface area (Å²) < 4.78 is 0. The Morgan fingerprint density at radius 1 is 1.64 bits per heavy atom. The molecule has 1 nitrogen and oxygen atoms in total. The molecule has 0 radical (unpaired) electrons. The maximum atomic E-state index is 11.2. The number of ketones is 1. The third-order valence-corrected chi connectivity index (χ3v) is 2.37. The van der Waals surface area contributed by atoms with Crippen molar-refractivity contribution in [2.24, 2.45) is 5.92 Å². The van der Waals surface area contributed by atoms with Crippen LogP contribution in [0, 0.1) is 5.92 Å². The van der Waals surface area contributed by atoms with Gasteiger partial charge in [-0.25, -0.2) is 0 Å². The van der Waals surface area contributed by atoms with Crippen LogP contribution in [-0.4, -0.2) is 5.78 Å². The molecule has 1 aliphatic carbocycles. The van der Waals surface area contributed by atoms with Gasteiger partial charge in [0.2, 0.25) is 0 Å². The quantitative estimate of drug-likeness (QED) is 0.594. The van der Waals surface area contributed by atoms with E-state index < -0.39 is 0 Å². The van der Waals surface area contributed by atoms with Gasteiger partial charge in [-0.15, -0.1) is 0 Å². The fourth-order valence-corrected chi connectivity index (χ4v) is 1.59. The second-order valence-electron chi connectivity index (χ2n) is 3.40. The smallest absolute Gasteiger partial charge is 0.158 e. The minimum atomic E-state index is 0.356. The molecule has 0 heterocycles. The number of Topliss-reactive ketones (excluding diaryl/α,β-unsaturated/α-hetero) is 1. The third-order valence-electron chi connectivity index (χ3n) is 2.37. The number of rotatable bonds is 2. The maximum absolute atomic E-state index is 11.2. The van der Waals surface area contributed by atoms with Crippen LogP contribution in [0.25, 0.3) is 0 Å². The summed E-state index contributed by atoms with van der Waals surface area (Å²) in [4.78, 5) is 11.2. The first kappa shape index (κ1) is 8.51. The fraction of sp³-hybridized carbons (Fsp3) is 0.700. The Bertz CT molecular complexity index is 179. The van der Waals surface area contributed by atoms with Gasteiger partial charge in [-0.05, 0) is 31.3 Å². The van der Waals surface area contributed by atoms with Crippen molar-refractivity contribution in [3.05, 3.63) is 11.6 Å². The van der Waals surface area contributed by atoms with E-state index in [9.17, 15) is 4.79 Å². The predicted octanol–water partition coefficient (Wildman–Crippen LogP) is 2.71. The Labute approximate surface area is 68.5 Å². The molecule has 11 heavy (non-hydrogen) atoms. The van der Waals surface area contributed by atoms with Crippen molar-refractivity contribution in [1.82, 2.24) is 0 Å². The molecule has 0 amide bonds. The molecule has 0 fully saturated rings. The number of carbonyl (C=O) groups excluding carboxylic acids is 1. The van der Waals surface area contributed by atoms with Crippen molar-refractivity contribution >= 4 is 5.78 Å². The number of hydrogen-bond acceptors (Lipinski definition) is 1. The van der Waals surface area contributed by atoms with Crippen molar-refractivity contribution in [3.8, 4) is 0 Å². The van der Waals surface area contributed by atoms with Crippen molar-refractivity contribution in [2.75, 3.05) is 0 Å². The number of allylic oxidation sites excluding steroid dienone is 2. The SMILES string of the molecule is CCC[C@H]1CC=C(C)C(=O)C1. The van der Waals surface area contributed by atoms with Gasteiger partial charge in [-0.3, -0.25) is 4.79 Å². The molecule has 0 aromatic rings. The van der Waals surface area contributed by atoms with Gasteiger partial charge in [0.05, 0.1) is 0 Å². The van der Waals surface area contributed by atoms with Crippen LogP contribution in [-0.2, 0) is 4.79 Å². The summed E-state index contributed by atoms with van der Waals surface area (Å²) in [6, 6.07) is 0. The van der Waals surface area contributed by atoms with Crippen LogP contribution in [0.3, 0.4) is 0 Å². The maximum Gasteiger partial charge on any atom is 0.158 e. The van der Waals surface area contributed by atoms with Gasteiger partial charge in [-0.1, -0.05) is 19.4 Å². The fourth-order valence-electron chi connectivity index (χ4n) is 1.59. The molecule has 1 aliphatic rings. The van der Waals surface area contributed by atoms with Gasteiger partial charge in [0.25, 0.3) is 0 Å². The van der Waals surface area contributed by atoms with Crippen LogP contribution in [0.1, 0.15) is 39.5 Å². The topological polar surface area (TPSA) is 17.1 Å². The minimum Gasteiger partial charge on any atom is -0.295 e. The largest absolute Gasteiger partial charge is 0.295 e. The highest BCUT2D eigenvalue weighted by Gasteiger charge is 2.17. The Kier molecular flexibility index (Phi) is 2.86. The van der Waals surface area contributed by atoms with Crippen molar-refractivity contribution in [2.45, 2.75) is 39.5 Å². The van der Waals surface area contributed by atoms with Gasteiger partial charge in [0, 0.05) is 6.42 Å². The average Bonchev–Trinajstić information content (AvgIpc) is 1.98. The minimum absolute atomic E-state index is 0.356. The average molecular weight is 152 g/mol. The number of hydrogen-bond donors (Lipinski definition) is 0. The Balaban J connectivity index is 2.48. The number of carbonyl (C=O) groups is 1. The van der Waals surface area contributed by atoms with Gasteiger partial charge in [-0.2, -0.15) is 0 Å². The Morgan fingerprint density at radius 2 is 2.36 bits per heavy atom. The molecule has 62 valence electrons. The molecule has 0 spiro atoms. The first-order valence-electron chi connectivity index (χ1n) is 4.44. The highest BCUT2D eigenvalue weighted by Crippen LogP contribution is 2.23. The summed E-state index contributed by atoms with van der Waals surface area (Å²) >= 11 is 0. The van der Waals surface area contributed by atoms with Gasteiger partial charge < -0.3 is 0 Å². The molecule has 0 saturated heterocycles. The molecule has 0 aromatic carbocycles. The summed E-state index contributed by atoms with van der Waals surface area (Å²) in [5, 5.41) is 0. The molecule has 0 unspecified atom stereocenters. The van der Waals surface area contributed by atoms with Crippen LogP contribution in [0.4, 0.5) is 0 Å². The Morgan fingerprint density at radius 3 is 2.91 bits per heavy atom. The van der Waals surface area contributed by atoms with Crippen LogP contribution in [0.5, 0.6) is 0 Å². The zero-order chi connectivity index (χ0) is 8.27. The van der Waals surface area contributed by atoms with E-state index in [1.807, 2.05) is 6.92 Å². The lowest BCUT2D eigenvalue weighted by Gasteiger charge is -2.18. The highest BCUT2D eigenvalue weighted by atomic mass is 16.1. The molecule has 0 bridgehead atoms. The monoisotopic (exact) mass is 152 g/mol. The zero-order valence-electron chi connectivity index (χ0n) is 7.39. The normalized spacial score (nSPS) is 25.1. The van der Waals surface area contributed by atoms with Crippen LogP contribution in [0.15, 0.2) is 11.6 Å². The molecule has 1 atom stereocenters. The van der Waals surface area contributed by atoms with Crippen molar-refractivity contribution in [3.63, 3.8) is 0 Å². The van der Waals surface area contributed by atoms with Gasteiger partial charge in [0.15, 0.2) is 5.78 Å². The first-order chi connectivity index (χ1) is 5.24. The van der Waals surface area contributed by atoms with Gasteiger partial charge >= 0.3 is 0 Å². The molecule has 0 aromatic heterocycles. The van der Waals surface area contributed by atoms with Gasteiger partial charge in [0.1, 0.15) is 0 Å². The molecule has 0 aliphatic heterocycles. The van der Waals surface area contributed by atoms with Crippen LogP contribution in [0.2, 0.25) is 0 Å². The summed E-state index contributed by atoms with van der Waals surface area (Å²) in [5.74, 6) is 0.992. The predicted molar refractivity (Wildman–Crippen MR) is 46.4 cm³/mol. The zero-order valence-corrected chi connectivity index (χ0v) is 7.39. The van der Waals surface area contributed by atoms with Crippen molar-refractivity contribution < 1.29 is 4.79 Å². The van der Waals surface area contributed by atoms with Crippen LogP contribution < -0.4 is 0 Å². The molecular weight excluding hydrogens is 136 g/mol. The lowest BCUT2D eigenvalue weighted by atomic mass is 9.86. The van der Waals surface area contributed by atoms with E-state index in [1.165, 1.54) is 12.8 Å². The second kappa shape index (κ2) is 3.70. The second-order valence-corrected chi connectivity index (χ2v) is 3.40. The summed E-state index contributed by atoms with van der Waals surface area (Å²) in [6.07, 6.45) is 6.40. The molecule has 1 heteroatoms.